The van der Waals surface area contributed by atoms with Gasteiger partial charge in [0.1, 0.15) is 15.7 Å². The molecule has 2 rings (SSSR count). The van der Waals surface area contributed by atoms with Gasteiger partial charge in [-0.15, -0.1) is 11.3 Å². The van der Waals surface area contributed by atoms with E-state index in [0.29, 0.717) is 11.1 Å². The summed E-state index contributed by atoms with van der Waals surface area (Å²) in [6, 6.07) is 5.56. The minimum Gasteiger partial charge on any atom is -0.462 e. The van der Waals surface area contributed by atoms with E-state index >= 15 is 0 Å². The van der Waals surface area contributed by atoms with Crippen molar-refractivity contribution in [1.29, 1.82) is 0 Å². The zero-order valence-corrected chi connectivity index (χ0v) is 17.7. The second-order valence-corrected chi connectivity index (χ2v) is 7.85. The van der Waals surface area contributed by atoms with E-state index in [2.05, 4.69) is 5.32 Å². The van der Waals surface area contributed by atoms with Gasteiger partial charge in [0.05, 0.1) is 25.2 Å². The highest BCUT2D eigenvalue weighted by Gasteiger charge is 2.27. The summed E-state index contributed by atoms with van der Waals surface area (Å²) in [5.41, 5.74) is 1.16. The van der Waals surface area contributed by atoms with Crippen molar-refractivity contribution in [1.82, 2.24) is 0 Å². The van der Waals surface area contributed by atoms with Crippen LogP contribution in [0.3, 0.4) is 0 Å². The van der Waals surface area contributed by atoms with Gasteiger partial charge >= 0.3 is 11.9 Å². The zero-order valence-electron chi connectivity index (χ0n) is 16.8. The number of anilines is 1. The maximum atomic E-state index is 13.0. The maximum absolute atomic E-state index is 13.0. The first-order chi connectivity index (χ1) is 13.7. The lowest BCUT2D eigenvalue weighted by atomic mass is 10.1. The molecule has 0 saturated carbocycles. The fraction of sp³-hybridized carbons (Fsp3) is 0.381. The Morgan fingerprint density at radius 1 is 1.10 bits per heavy atom. The summed E-state index contributed by atoms with van der Waals surface area (Å²) in [4.78, 5) is 37.5. The Hall–Kier alpha value is -2.74. The van der Waals surface area contributed by atoms with Gasteiger partial charge in [0, 0.05) is 0 Å². The number of esters is 2. The highest BCUT2D eigenvalue weighted by Crippen LogP contribution is 2.34. The fourth-order valence-corrected chi connectivity index (χ4v) is 3.62. The SMILES string of the molecule is CCOC(=O)c1c(NC(=O)Cc2ccc(F)cc2)sc(C(=O)OCC(C)C)c1C. The maximum Gasteiger partial charge on any atom is 0.348 e. The van der Waals surface area contributed by atoms with E-state index in [4.69, 9.17) is 9.47 Å². The van der Waals surface area contributed by atoms with E-state index in [1.54, 1.807) is 13.8 Å². The third-order valence-electron chi connectivity index (χ3n) is 3.89. The fourth-order valence-electron chi connectivity index (χ4n) is 2.51. The van der Waals surface area contributed by atoms with Crippen LogP contribution >= 0.6 is 11.3 Å². The molecule has 2 aromatic rings. The van der Waals surface area contributed by atoms with Crippen LogP contribution in [-0.4, -0.2) is 31.1 Å². The number of carbonyl (C=O) groups is 3. The summed E-state index contributed by atoms with van der Waals surface area (Å²) < 4.78 is 23.4. The second kappa shape index (κ2) is 10.2. The Morgan fingerprint density at radius 2 is 1.76 bits per heavy atom. The molecule has 1 amide bonds. The lowest BCUT2D eigenvalue weighted by molar-refractivity contribution is -0.115. The highest BCUT2D eigenvalue weighted by molar-refractivity contribution is 7.18. The van der Waals surface area contributed by atoms with Crippen LogP contribution in [0.5, 0.6) is 0 Å². The molecule has 1 aromatic heterocycles. The van der Waals surface area contributed by atoms with Crippen molar-refractivity contribution in [2.24, 2.45) is 5.92 Å². The van der Waals surface area contributed by atoms with Crippen LogP contribution in [0.15, 0.2) is 24.3 Å². The first-order valence-electron chi connectivity index (χ1n) is 9.24. The topological polar surface area (TPSA) is 81.7 Å². The molecule has 0 aliphatic carbocycles. The van der Waals surface area contributed by atoms with E-state index in [-0.39, 0.29) is 41.0 Å². The average molecular weight is 421 g/mol. The third-order valence-corrected chi connectivity index (χ3v) is 5.08. The summed E-state index contributed by atoms with van der Waals surface area (Å²) in [5, 5.41) is 2.90. The van der Waals surface area contributed by atoms with Gasteiger partial charge in [0.25, 0.3) is 0 Å². The first-order valence-corrected chi connectivity index (χ1v) is 10.1. The molecule has 8 heteroatoms. The van der Waals surface area contributed by atoms with Crippen molar-refractivity contribution in [3.63, 3.8) is 0 Å². The Labute approximate surface area is 173 Å². The van der Waals surface area contributed by atoms with Crippen LogP contribution in [0.1, 0.15) is 51.9 Å². The van der Waals surface area contributed by atoms with Crippen LogP contribution in [0.25, 0.3) is 0 Å². The zero-order chi connectivity index (χ0) is 21.6. The van der Waals surface area contributed by atoms with E-state index in [1.165, 1.54) is 24.3 Å². The van der Waals surface area contributed by atoms with Crippen LogP contribution in [0.2, 0.25) is 0 Å². The molecule has 0 fully saturated rings. The van der Waals surface area contributed by atoms with Crippen molar-refractivity contribution < 1.29 is 28.2 Å². The number of halogens is 1. The molecule has 29 heavy (non-hydrogen) atoms. The number of rotatable bonds is 8. The van der Waals surface area contributed by atoms with Crippen LogP contribution < -0.4 is 5.32 Å². The summed E-state index contributed by atoms with van der Waals surface area (Å²) in [7, 11) is 0. The Balaban J connectivity index is 2.26. The molecule has 6 nitrogen and oxygen atoms in total. The van der Waals surface area contributed by atoms with Gasteiger partial charge in [0.15, 0.2) is 0 Å². The van der Waals surface area contributed by atoms with Crippen molar-refractivity contribution in [2.75, 3.05) is 18.5 Å². The molecular weight excluding hydrogens is 397 g/mol. The standard InChI is InChI=1S/C21H24FNO5S/c1-5-27-20(25)17-13(4)18(21(26)28-11-12(2)3)29-19(17)23-16(24)10-14-6-8-15(22)9-7-14/h6-9,12H,5,10-11H2,1-4H3,(H,23,24). The smallest absolute Gasteiger partial charge is 0.348 e. The normalized spacial score (nSPS) is 10.7. The van der Waals surface area contributed by atoms with Gasteiger partial charge in [0.2, 0.25) is 5.91 Å². The van der Waals surface area contributed by atoms with Gasteiger partial charge in [-0.1, -0.05) is 26.0 Å². The second-order valence-electron chi connectivity index (χ2n) is 6.82. The molecule has 0 aliphatic rings. The summed E-state index contributed by atoms with van der Waals surface area (Å²) in [6.07, 6.45) is -0.00732. The Bertz CT molecular complexity index is 889. The predicted octanol–water partition coefficient (Wildman–Crippen LogP) is 4.37. The quantitative estimate of drug-likeness (QED) is 0.640. The van der Waals surface area contributed by atoms with Gasteiger partial charge in [-0.3, -0.25) is 4.79 Å². The molecule has 0 bridgehead atoms. The first kappa shape index (κ1) is 22.5. The number of benzene rings is 1. The summed E-state index contributed by atoms with van der Waals surface area (Å²) in [6.45, 7) is 7.52. The molecule has 0 saturated heterocycles. The predicted molar refractivity (Wildman–Crippen MR) is 109 cm³/mol. The number of hydrogen-bond acceptors (Lipinski definition) is 6. The molecule has 0 atom stereocenters. The third kappa shape index (κ3) is 6.12. The number of nitrogens with one attached hydrogen (secondary N) is 1. The molecule has 1 heterocycles. The van der Waals surface area contributed by atoms with E-state index in [1.807, 2.05) is 13.8 Å². The molecule has 0 aliphatic heterocycles. The monoisotopic (exact) mass is 421 g/mol. The Morgan fingerprint density at radius 3 is 2.34 bits per heavy atom. The van der Waals surface area contributed by atoms with E-state index < -0.39 is 23.7 Å². The average Bonchev–Trinajstić information content (AvgIpc) is 2.97. The summed E-state index contributed by atoms with van der Waals surface area (Å²) in [5.74, 6) is -1.80. The van der Waals surface area contributed by atoms with Crippen LogP contribution in [0, 0.1) is 18.7 Å². The molecule has 1 N–H and O–H groups in total. The number of ether oxygens (including phenoxy) is 2. The molecule has 0 unspecified atom stereocenters. The van der Waals surface area contributed by atoms with Crippen molar-refractivity contribution in [2.45, 2.75) is 34.1 Å². The van der Waals surface area contributed by atoms with Crippen molar-refractivity contribution in [3.05, 3.63) is 51.7 Å². The van der Waals surface area contributed by atoms with Gasteiger partial charge in [-0.2, -0.15) is 0 Å². The molecular formula is C21H24FNO5S. The molecule has 0 radical (unpaired) electrons. The number of hydrogen-bond donors (Lipinski definition) is 1. The van der Waals surface area contributed by atoms with E-state index in [9.17, 15) is 18.8 Å². The lowest BCUT2D eigenvalue weighted by Crippen LogP contribution is -2.16. The molecule has 0 spiro atoms. The van der Waals surface area contributed by atoms with E-state index in [0.717, 1.165) is 11.3 Å². The number of amides is 1. The number of carbonyl (C=O) groups excluding carboxylic acids is 3. The van der Waals surface area contributed by atoms with Gasteiger partial charge in [-0.05, 0) is 43.0 Å². The largest absolute Gasteiger partial charge is 0.462 e. The number of thiophene rings is 1. The lowest BCUT2D eigenvalue weighted by Gasteiger charge is -2.07. The Kier molecular flexibility index (Phi) is 7.90. The van der Waals surface area contributed by atoms with Gasteiger partial charge in [-0.25, -0.2) is 14.0 Å². The summed E-state index contributed by atoms with van der Waals surface area (Å²) >= 11 is 0.974. The van der Waals surface area contributed by atoms with Crippen LogP contribution in [-0.2, 0) is 20.7 Å². The van der Waals surface area contributed by atoms with Crippen LogP contribution in [0.4, 0.5) is 9.39 Å². The minimum absolute atomic E-state index is 0.00732. The molecule has 1 aromatic carbocycles. The van der Waals surface area contributed by atoms with Crippen molar-refractivity contribution in [3.8, 4) is 0 Å². The highest BCUT2D eigenvalue weighted by atomic mass is 32.1. The minimum atomic E-state index is -0.624. The van der Waals surface area contributed by atoms with Crippen molar-refractivity contribution >= 4 is 34.2 Å². The molecule has 156 valence electrons. The van der Waals surface area contributed by atoms with Gasteiger partial charge < -0.3 is 14.8 Å².